The number of thiocarbonyl (C=S) groups is 1. The van der Waals surface area contributed by atoms with Gasteiger partial charge in [0, 0.05) is 29.2 Å². The molecule has 0 radical (unpaired) electrons. The molecule has 0 amide bonds. The maximum Gasteiger partial charge on any atom is 0.104 e. The van der Waals surface area contributed by atoms with Crippen molar-refractivity contribution in [3.63, 3.8) is 0 Å². The molecule has 2 N–H and O–H groups in total. The monoisotopic (exact) mass is 294 g/mol. The third-order valence-electron chi connectivity index (χ3n) is 3.69. The lowest BCUT2D eigenvalue weighted by molar-refractivity contribution is 0.834. The summed E-state index contributed by atoms with van der Waals surface area (Å²) >= 11 is 5.04. The second-order valence-corrected chi connectivity index (χ2v) is 6.02. The molecule has 0 saturated heterocycles. The van der Waals surface area contributed by atoms with E-state index in [2.05, 4.69) is 61.0 Å². The molecule has 0 aliphatic rings. The van der Waals surface area contributed by atoms with Gasteiger partial charge in [0.05, 0.1) is 0 Å². The van der Waals surface area contributed by atoms with Gasteiger partial charge in [0.1, 0.15) is 4.99 Å². The van der Waals surface area contributed by atoms with Crippen molar-refractivity contribution in [2.75, 3.05) is 0 Å². The summed E-state index contributed by atoms with van der Waals surface area (Å²) in [6, 6.07) is 14.9. The summed E-state index contributed by atoms with van der Waals surface area (Å²) in [5.74, 6) is 0. The predicted molar refractivity (Wildman–Crippen MR) is 92.8 cm³/mol. The number of aryl methyl sites for hydroxylation is 2. The van der Waals surface area contributed by atoms with Crippen molar-refractivity contribution in [3.8, 4) is 0 Å². The van der Waals surface area contributed by atoms with Gasteiger partial charge < -0.3 is 10.3 Å². The minimum absolute atomic E-state index is 0.443. The molecule has 0 unspecified atom stereocenters. The molecule has 0 aliphatic heterocycles. The molecule has 0 atom stereocenters. The van der Waals surface area contributed by atoms with E-state index in [0.717, 1.165) is 12.1 Å². The van der Waals surface area contributed by atoms with E-state index in [9.17, 15) is 0 Å². The standard InChI is InChI=1S/C18H18N2S/c1-12-7-13(2)9-14(8-12)11-20-6-5-15-10-16(18(19)21)3-4-17(15)20/h3-10H,11H2,1-2H3,(H2,19,21). The Morgan fingerprint density at radius 3 is 2.43 bits per heavy atom. The van der Waals surface area contributed by atoms with E-state index in [1.807, 2.05) is 6.07 Å². The maximum absolute atomic E-state index is 5.69. The quantitative estimate of drug-likeness (QED) is 0.742. The third kappa shape index (κ3) is 2.83. The van der Waals surface area contributed by atoms with Crippen LogP contribution in [0.1, 0.15) is 22.3 Å². The van der Waals surface area contributed by atoms with E-state index in [4.69, 9.17) is 18.0 Å². The fourth-order valence-corrected chi connectivity index (χ4v) is 2.98. The molecule has 106 valence electrons. The van der Waals surface area contributed by atoms with Crippen LogP contribution in [0.5, 0.6) is 0 Å². The SMILES string of the molecule is Cc1cc(C)cc(Cn2ccc3cc(C(N)=S)ccc32)c1. The number of aromatic nitrogens is 1. The van der Waals surface area contributed by atoms with E-state index in [-0.39, 0.29) is 0 Å². The molecule has 21 heavy (non-hydrogen) atoms. The van der Waals surface area contributed by atoms with Gasteiger partial charge in [-0.25, -0.2) is 0 Å². The number of fused-ring (bicyclic) bond motifs is 1. The zero-order valence-electron chi connectivity index (χ0n) is 12.3. The molecule has 3 aromatic rings. The minimum atomic E-state index is 0.443. The molecule has 1 heterocycles. The molecular formula is C18H18N2S. The van der Waals surface area contributed by atoms with E-state index < -0.39 is 0 Å². The molecule has 0 fully saturated rings. The zero-order valence-corrected chi connectivity index (χ0v) is 13.1. The van der Waals surface area contributed by atoms with E-state index in [0.29, 0.717) is 4.99 Å². The van der Waals surface area contributed by atoms with Gasteiger partial charge in [0.25, 0.3) is 0 Å². The first-order valence-corrected chi connectivity index (χ1v) is 7.39. The zero-order chi connectivity index (χ0) is 15.0. The lowest BCUT2D eigenvalue weighted by atomic mass is 10.1. The van der Waals surface area contributed by atoms with Crippen molar-refractivity contribution in [1.29, 1.82) is 0 Å². The minimum Gasteiger partial charge on any atom is -0.389 e. The predicted octanol–water partition coefficient (Wildman–Crippen LogP) is 3.94. The Labute approximate surface area is 130 Å². The number of hydrogen-bond acceptors (Lipinski definition) is 1. The average Bonchev–Trinajstić information content (AvgIpc) is 2.80. The summed E-state index contributed by atoms with van der Waals surface area (Å²) < 4.78 is 2.26. The van der Waals surface area contributed by atoms with Crippen LogP contribution in [0, 0.1) is 13.8 Å². The first-order chi connectivity index (χ1) is 10.0. The molecule has 3 rings (SSSR count). The van der Waals surface area contributed by atoms with Crippen LogP contribution in [0.15, 0.2) is 48.7 Å². The van der Waals surface area contributed by atoms with Crippen molar-refractivity contribution < 1.29 is 0 Å². The van der Waals surface area contributed by atoms with E-state index in [1.54, 1.807) is 0 Å². The van der Waals surface area contributed by atoms with Gasteiger partial charge >= 0.3 is 0 Å². The smallest absolute Gasteiger partial charge is 0.104 e. The van der Waals surface area contributed by atoms with Crippen LogP contribution < -0.4 is 5.73 Å². The van der Waals surface area contributed by atoms with Gasteiger partial charge in [-0.05, 0) is 43.7 Å². The number of nitrogens with zero attached hydrogens (tertiary/aromatic N) is 1. The highest BCUT2D eigenvalue weighted by Crippen LogP contribution is 2.20. The summed E-state index contributed by atoms with van der Waals surface area (Å²) in [6.07, 6.45) is 2.12. The van der Waals surface area contributed by atoms with Crippen molar-refractivity contribution in [3.05, 3.63) is 70.9 Å². The normalized spacial score (nSPS) is 11.0. The molecule has 0 bridgehead atoms. The van der Waals surface area contributed by atoms with Crippen molar-refractivity contribution in [2.45, 2.75) is 20.4 Å². The van der Waals surface area contributed by atoms with Gasteiger partial charge in [-0.1, -0.05) is 41.5 Å². The number of benzene rings is 2. The van der Waals surface area contributed by atoms with Crippen molar-refractivity contribution >= 4 is 28.1 Å². The van der Waals surface area contributed by atoms with Crippen LogP contribution in [-0.4, -0.2) is 9.56 Å². The molecule has 2 nitrogen and oxygen atoms in total. The van der Waals surface area contributed by atoms with Crippen molar-refractivity contribution in [2.24, 2.45) is 5.73 Å². The second kappa shape index (κ2) is 5.34. The number of nitrogens with two attached hydrogens (primary N) is 1. The van der Waals surface area contributed by atoms with Crippen LogP contribution in [-0.2, 0) is 6.54 Å². The fourth-order valence-electron chi connectivity index (χ4n) is 2.85. The lowest BCUT2D eigenvalue weighted by Gasteiger charge is -2.08. The summed E-state index contributed by atoms with van der Waals surface area (Å²) in [7, 11) is 0. The first-order valence-electron chi connectivity index (χ1n) is 6.99. The lowest BCUT2D eigenvalue weighted by Crippen LogP contribution is -2.08. The maximum atomic E-state index is 5.69. The van der Waals surface area contributed by atoms with Gasteiger partial charge in [-0.2, -0.15) is 0 Å². The summed E-state index contributed by atoms with van der Waals surface area (Å²) in [4.78, 5) is 0.443. The van der Waals surface area contributed by atoms with Crippen LogP contribution >= 0.6 is 12.2 Å². The van der Waals surface area contributed by atoms with E-state index in [1.165, 1.54) is 27.6 Å². The summed E-state index contributed by atoms with van der Waals surface area (Å²) in [5.41, 5.74) is 11.7. The van der Waals surface area contributed by atoms with Crippen LogP contribution in [0.3, 0.4) is 0 Å². The number of hydrogen-bond donors (Lipinski definition) is 1. The van der Waals surface area contributed by atoms with Crippen molar-refractivity contribution in [1.82, 2.24) is 4.57 Å². The van der Waals surface area contributed by atoms with E-state index >= 15 is 0 Å². The highest BCUT2D eigenvalue weighted by Gasteiger charge is 2.05. The van der Waals surface area contributed by atoms with Crippen LogP contribution in [0.25, 0.3) is 10.9 Å². The second-order valence-electron chi connectivity index (χ2n) is 5.58. The topological polar surface area (TPSA) is 30.9 Å². The van der Waals surface area contributed by atoms with Gasteiger partial charge in [-0.15, -0.1) is 0 Å². The Balaban J connectivity index is 1.99. The summed E-state index contributed by atoms with van der Waals surface area (Å²) in [6.45, 7) is 5.15. The molecule has 2 aromatic carbocycles. The molecule has 0 aliphatic carbocycles. The van der Waals surface area contributed by atoms with Crippen LogP contribution in [0.2, 0.25) is 0 Å². The first kappa shape index (κ1) is 13.8. The van der Waals surface area contributed by atoms with Gasteiger partial charge in [0.2, 0.25) is 0 Å². The number of rotatable bonds is 3. The highest BCUT2D eigenvalue weighted by atomic mass is 32.1. The largest absolute Gasteiger partial charge is 0.389 e. The Bertz CT molecular complexity index is 810. The molecule has 0 spiro atoms. The van der Waals surface area contributed by atoms with Gasteiger partial charge in [0.15, 0.2) is 0 Å². The fraction of sp³-hybridized carbons (Fsp3) is 0.167. The Morgan fingerprint density at radius 1 is 1.05 bits per heavy atom. The van der Waals surface area contributed by atoms with Crippen LogP contribution in [0.4, 0.5) is 0 Å². The third-order valence-corrected chi connectivity index (χ3v) is 3.93. The average molecular weight is 294 g/mol. The molecule has 3 heteroatoms. The molecule has 0 saturated carbocycles. The Morgan fingerprint density at radius 2 is 1.76 bits per heavy atom. The molecular weight excluding hydrogens is 276 g/mol. The molecule has 1 aromatic heterocycles. The van der Waals surface area contributed by atoms with Gasteiger partial charge in [-0.3, -0.25) is 0 Å². The Hall–Kier alpha value is -2.13. The summed E-state index contributed by atoms with van der Waals surface area (Å²) in [5, 5.41) is 1.17. The highest BCUT2D eigenvalue weighted by molar-refractivity contribution is 7.80. The Kier molecular flexibility index (Phi) is 3.52.